The molecule has 0 aliphatic carbocycles. The molecule has 1 aromatic heterocycles. The van der Waals surface area contributed by atoms with Gasteiger partial charge in [-0.05, 0) is 44.0 Å². The van der Waals surface area contributed by atoms with Crippen LogP contribution in [0, 0.1) is 24.2 Å². The predicted molar refractivity (Wildman–Crippen MR) is 94.8 cm³/mol. The zero-order valence-electron chi connectivity index (χ0n) is 14.7. The summed E-state index contributed by atoms with van der Waals surface area (Å²) in [4.78, 5) is 14.7. The van der Waals surface area contributed by atoms with Crippen LogP contribution in [-0.2, 0) is 13.6 Å². The van der Waals surface area contributed by atoms with E-state index in [0.717, 1.165) is 26.1 Å². The van der Waals surface area contributed by atoms with E-state index >= 15 is 0 Å². The van der Waals surface area contributed by atoms with Crippen LogP contribution in [0.4, 0.5) is 0 Å². The van der Waals surface area contributed by atoms with Crippen molar-refractivity contribution in [2.24, 2.45) is 13.0 Å². The van der Waals surface area contributed by atoms with Crippen LogP contribution in [0.5, 0.6) is 0 Å². The molecular formula is C19H23N5O. The highest BCUT2D eigenvalue weighted by Crippen LogP contribution is 2.19. The molecule has 1 atom stereocenters. The summed E-state index contributed by atoms with van der Waals surface area (Å²) in [6, 6.07) is 8.86. The third-order valence-electron chi connectivity index (χ3n) is 4.91. The second-order valence-electron chi connectivity index (χ2n) is 6.67. The average Bonchev–Trinajstić information content (AvgIpc) is 3.21. The number of carbonyl (C=O) groups is 1. The lowest BCUT2D eigenvalue weighted by Gasteiger charge is -2.16. The molecule has 0 spiro atoms. The molecule has 0 saturated carbocycles. The Balaban J connectivity index is 1.49. The first-order chi connectivity index (χ1) is 12.1. The number of hydrogen-bond acceptors (Lipinski definition) is 4. The minimum absolute atomic E-state index is 0.112. The molecule has 0 unspecified atom stereocenters. The quantitative estimate of drug-likeness (QED) is 0.904. The molecular weight excluding hydrogens is 314 g/mol. The molecule has 3 rings (SSSR count). The van der Waals surface area contributed by atoms with Crippen molar-refractivity contribution in [1.29, 1.82) is 5.26 Å². The monoisotopic (exact) mass is 337 g/mol. The van der Waals surface area contributed by atoms with Crippen molar-refractivity contribution < 1.29 is 4.79 Å². The molecule has 1 aliphatic rings. The van der Waals surface area contributed by atoms with E-state index in [-0.39, 0.29) is 5.91 Å². The first-order valence-electron chi connectivity index (χ1n) is 8.55. The molecule has 6 heteroatoms. The topological polar surface area (TPSA) is 74.0 Å². The van der Waals surface area contributed by atoms with Crippen LogP contribution >= 0.6 is 0 Å². The Bertz CT molecular complexity index is 804. The van der Waals surface area contributed by atoms with E-state index in [1.165, 1.54) is 11.3 Å². The number of aromatic nitrogens is 2. The number of rotatable bonds is 5. The molecule has 0 bridgehead atoms. The molecule has 0 radical (unpaired) electrons. The second kappa shape index (κ2) is 7.49. The van der Waals surface area contributed by atoms with Gasteiger partial charge < -0.3 is 5.32 Å². The molecule has 25 heavy (non-hydrogen) atoms. The van der Waals surface area contributed by atoms with Gasteiger partial charge in [-0.2, -0.15) is 10.4 Å². The van der Waals surface area contributed by atoms with Crippen molar-refractivity contribution in [3.8, 4) is 6.07 Å². The largest absolute Gasteiger partial charge is 0.352 e. The molecule has 1 amide bonds. The molecule has 130 valence electrons. The molecule has 1 aromatic carbocycles. The highest BCUT2D eigenvalue weighted by Gasteiger charge is 2.24. The summed E-state index contributed by atoms with van der Waals surface area (Å²) < 4.78 is 1.90. The fourth-order valence-electron chi connectivity index (χ4n) is 3.23. The minimum atomic E-state index is -0.112. The smallest absolute Gasteiger partial charge is 0.251 e. The lowest BCUT2D eigenvalue weighted by molar-refractivity contribution is 0.0947. The van der Waals surface area contributed by atoms with E-state index in [4.69, 9.17) is 5.26 Å². The van der Waals surface area contributed by atoms with Crippen molar-refractivity contribution in [1.82, 2.24) is 20.0 Å². The fourth-order valence-corrected chi connectivity index (χ4v) is 3.23. The van der Waals surface area contributed by atoms with E-state index < -0.39 is 0 Å². The number of likely N-dealkylation sites (tertiary alicyclic amines) is 1. The van der Waals surface area contributed by atoms with E-state index in [1.54, 1.807) is 24.3 Å². The van der Waals surface area contributed by atoms with Gasteiger partial charge in [0.2, 0.25) is 0 Å². The van der Waals surface area contributed by atoms with Crippen LogP contribution in [0.25, 0.3) is 0 Å². The van der Waals surface area contributed by atoms with Gasteiger partial charge in [-0.1, -0.05) is 6.07 Å². The highest BCUT2D eigenvalue weighted by molar-refractivity contribution is 5.94. The summed E-state index contributed by atoms with van der Waals surface area (Å²) in [6.45, 7) is 5.68. The maximum atomic E-state index is 12.2. The van der Waals surface area contributed by atoms with Gasteiger partial charge in [0.15, 0.2) is 0 Å². The summed E-state index contributed by atoms with van der Waals surface area (Å²) in [5.41, 5.74) is 3.51. The van der Waals surface area contributed by atoms with Crippen molar-refractivity contribution in [3.05, 3.63) is 52.8 Å². The zero-order chi connectivity index (χ0) is 17.8. The molecule has 2 heterocycles. The Labute approximate surface area is 148 Å². The van der Waals surface area contributed by atoms with Crippen molar-refractivity contribution >= 4 is 5.91 Å². The van der Waals surface area contributed by atoms with Crippen LogP contribution in [0.3, 0.4) is 0 Å². The number of amides is 1. The number of nitrogens with zero attached hydrogens (tertiary/aromatic N) is 4. The van der Waals surface area contributed by atoms with Gasteiger partial charge in [0.05, 0.1) is 17.8 Å². The normalized spacial score (nSPS) is 17.4. The number of aryl methyl sites for hydroxylation is 1. The van der Waals surface area contributed by atoms with Gasteiger partial charge in [-0.25, -0.2) is 0 Å². The summed E-state index contributed by atoms with van der Waals surface area (Å²) in [5.74, 6) is 0.346. The van der Waals surface area contributed by atoms with Crippen LogP contribution < -0.4 is 5.32 Å². The maximum absolute atomic E-state index is 12.2. The predicted octanol–water partition coefficient (Wildman–Crippen LogP) is 1.85. The molecule has 1 N–H and O–H groups in total. The number of hydrogen-bond donors (Lipinski definition) is 1. The maximum Gasteiger partial charge on any atom is 0.251 e. The standard InChI is InChI=1S/C19H23N5O/c1-14-18(11-22-23(14)2)13-24-7-6-16(12-24)10-21-19(25)17-5-3-4-15(8-17)9-20/h3-5,8,11,16H,6-7,10,12-13H2,1-2H3,(H,21,25)/t16-/m0/s1. The minimum Gasteiger partial charge on any atom is -0.352 e. The second-order valence-corrected chi connectivity index (χ2v) is 6.67. The van der Waals surface area contributed by atoms with Crippen LogP contribution in [0.2, 0.25) is 0 Å². The summed E-state index contributed by atoms with van der Waals surface area (Å²) >= 11 is 0. The van der Waals surface area contributed by atoms with Gasteiger partial charge in [0.25, 0.3) is 5.91 Å². The first-order valence-corrected chi connectivity index (χ1v) is 8.55. The number of carbonyl (C=O) groups excluding carboxylic acids is 1. The Hall–Kier alpha value is -2.65. The van der Waals surface area contributed by atoms with Crippen LogP contribution in [0.1, 0.15) is 33.6 Å². The summed E-state index contributed by atoms with van der Waals surface area (Å²) in [5, 5.41) is 16.2. The van der Waals surface area contributed by atoms with Crippen molar-refractivity contribution in [2.45, 2.75) is 19.9 Å². The third-order valence-corrected chi connectivity index (χ3v) is 4.91. The molecule has 1 fully saturated rings. The average molecular weight is 337 g/mol. The molecule has 6 nitrogen and oxygen atoms in total. The molecule has 2 aromatic rings. The van der Waals surface area contributed by atoms with Crippen molar-refractivity contribution in [3.63, 3.8) is 0 Å². The first kappa shape index (κ1) is 17.2. The lowest BCUT2D eigenvalue weighted by Crippen LogP contribution is -2.31. The van der Waals surface area contributed by atoms with Crippen molar-refractivity contribution in [2.75, 3.05) is 19.6 Å². The van der Waals surface area contributed by atoms with E-state index in [1.807, 2.05) is 17.9 Å². The van der Waals surface area contributed by atoms with E-state index in [9.17, 15) is 4.79 Å². The lowest BCUT2D eigenvalue weighted by atomic mass is 10.1. The van der Waals surface area contributed by atoms with Gasteiger partial charge in [0.1, 0.15) is 0 Å². The number of benzene rings is 1. The molecule has 1 aliphatic heterocycles. The number of nitrogens with one attached hydrogen (secondary N) is 1. The van der Waals surface area contributed by atoms with Gasteiger partial charge in [-0.15, -0.1) is 0 Å². The Morgan fingerprint density at radius 1 is 1.48 bits per heavy atom. The zero-order valence-corrected chi connectivity index (χ0v) is 14.7. The van der Waals surface area contributed by atoms with Gasteiger partial charge in [0, 0.05) is 43.5 Å². The SMILES string of the molecule is Cc1c(CN2CC[C@@H](CNC(=O)c3cccc(C#N)c3)C2)cnn1C. The van der Waals surface area contributed by atoms with E-state index in [2.05, 4.69) is 28.3 Å². The Morgan fingerprint density at radius 2 is 2.32 bits per heavy atom. The highest BCUT2D eigenvalue weighted by atomic mass is 16.1. The Kier molecular flexibility index (Phi) is 5.15. The Morgan fingerprint density at radius 3 is 3.04 bits per heavy atom. The third kappa shape index (κ3) is 4.06. The summed E-state index contributed by atoms with van der Waals surface area (Å²) in [6.07, 6.45) is 3.02. The fraction of sp³-hybridized carbons (Fsp3) is 0.421. The number of nitriles is 1. The van der Waals surface area contributed by atoms with Crippen LogP contribution in [0.15, 0.2) is 30.5 Å². The van der Waals surface area contributed by atoms with E-state index in [0.29, 0.717) is 23.6 Å². The molecule has 1 saturated heterocycles. The van der Waals surface area contributed by atoms with Gasteiger partial charge >= 0.3 is 0 Å². The summed E-state index contributed by atoms with van der Waals surface area (Å²) in [7, 11) is 1.96. The van der Waals surface area contributed by atoms with Gasteiger partial charge in [-0.3, -0.25) is 14.4 Å². The van der Waals surface area contributed by atoms with Crippen LogP contribution in [-0.4, -0.2) is 40.2 Å².